The number of aromatic hydroxyl groups is 1. The molecule has 2 aromatic carbocycles. The van der Waals surface area contributed by atoms with Crippen LogP contribution >= 0.6 is 15.9 Å². The minimum Gasteiger partial charge on any atom is -0.507 e. The first kappa shape index (κ1) is 16.3. The Kier molecular flexibility index (Phi) is 3.86. The summed E-state index contributed by atoms with van der Waals surface area (Å²) in [4.78, 5) is 4.11. The van der Waals surface area contributed by atoms with Gasteiger partial charge in [0.25, 0.3) is 0 Å². The Balaban J connectivity index is 1.63. The molecule has 3 aromatic rings. The maximum Gasteiger partial charge on any atom is 0.213 e. The third-order valence-electron chi connectivity index (χ3n) is 4.96. The van der Waals surface area contributed by atoms with Gasteiger partial charge in [0.15, 0.2) is 0 Å². The average Bonchev–Trinajstić information content (AvgIpc) is 3.14. The lowest BCUT2D eigenvalue weighted by Crippen LogP contribution is -2.33. The fourth-order valence-corrected chi connectivity index (χ4v) is 4.07. The first-order valence-electron chi connectivity index (χ1n) is 8.71. The molecule has 2 aliphatic rings. The van der Waals surface area contributed by atoms with Crippen LogP contribution in [0.3, 0.4) is 0 Å². The molecule has 5 nitrogen and oxygen atoms in total. The van der Waals surface area contributed by atoms with Gasteiger partial charge < -0.3 is 9.84 Å². The van der Waals surface area contributed by atoms with Gasteiger partial charge in [-0.25, -0.2) is 5.01 Å². The summed E-state index contributed by atoms with van der Waals surface area (Å²) in [5, 5.41) is 17.1. The SMILES string of the molecule is Oc1ccccc1C1=NN2[C@H](C1)c1cc(Br)ccc1O[C@@H]2c1ccncc1. The zero-order valence-corrected chi connectivity index (χ0v) is 15.9. The van der Waals surface area contributed by atoms with Gasteiger partial charge in [0.2, 0.25) is 6.23 Å². The monoisotopic (exact) mass is 421 g/mol. The van der Waals surface area contributed by atoms with Crippen LogP contribution < -0.4 is 4.74 Å². The van der Waals surface area contributed by atoms with E-state index in [4.69, 9.17) is 9.84 Å². The molecule has 0 aliphatic carbocycles. The number of pyridine rings is 1. The van der Waals surface area contributed by atoms with Crippen molar-refractivity contribution in [3.8, 4) is 11.5 Å². The third kappa shape index (κ3) is 2.77. The van der Waals surface area contributed by atoms with Crippen LogP contribution in [-0.2, 0) is 0 Å². The van der Waals surface area contributed by atoms with E-state index in [1.807, 2.05) is 47.5 Å². The summed E-state index contributed by atoms with van der Waals surface area (Å²) in [6, 6.07) is 17.3. The Morgan fingerprint density at radius 1 is 1.07 bits per heavy atom. The number of hydrazone groups is 1. The summed E-state index contributed by atoms with van der Waals surface area (Å²) in [5.41, 5.74) is 3.69. The van der Waals surface area contributed by atoms with Crippen LogP contribution in [0.15, 0.2) is 76.6 Å². The molecule has 0 amide bonds. The van der Waals surface area contributed by atoms with Gasteiger partial charge in [-0.1, -0.05) is 28.1 Å². The van der Waals surface area contributed by atoms with Crippen molar-refractivity contribution in [1.29, 1.82) is 0 Å². The summed E-state index contributed by atoms with van der Waals surface area (Å²) >= 11 is 3.56. The number of benzene rings is 2. The molecule has 3 heterocycles. The van der Waals surface area contributed by atoms with E-state index in [0.717, 1.165) is 32.6 Å². The van der Waals surface area contributed by atoms with E-state index in [2.05, 4.69) is 27.0 Å². The lowest BCUT2D eigenvalue weighted by atomic mass is 9.95. The van der Waals surface area contributed by atoms with Gasteiger partial charge >= 0.3 is 0 Å². The van der Waals surface area contributed by atoms with Gasteiger partial charge in [-0.2, -0.15) is 5.10 Å². The maximum atomic E-state index is 10.3. The summed E-state index contributed by atoms with van der Waals surface area (Å²) in [6.45, 7) is 0. The second-order valence-corrected chi connectivity index (χ2v) is 7.51. The van der Waals surface area contributed by atoms with E-state index in [1.165, 1.54) is 0 Å². The fourth-order valence-electron chi connectivity index (χ4n) is 3.69. The number of hydrogen-bond acceptors (Lipinski definition) is 5. The Bertz CT molecular complexity index is 1040. The zero-order valence-electron chi connectivity index (χ0n) is 14.3. The number of rotatable bonds is 2. The smallest absolute Gasteiger partial charge is 0.213 e. The molecule has 0 unspecified atom stereocenters. The molecular weight excluding hydrogens is 406 g/mol. The molecule has 6 heteroatoms. The van der Waals surface area contributed by atoms with Crippen molar-refractivity contribution >= 4 is 21.6 Å². The first-order valence-corrected chi connectivity index (χ1v) is 9.50. The zero-order chi connectivity index (χ0) is 18.4. The molecule has 0 fully saturated rings. The number of halogens is 1. The molecule has 5 rings (SSSR count). The highest BCUT2D eigenvalue weighted by Gasteiger charge is 2.41. The predicted molar refractivity (Wildman–Crippen MR) is 106 cm³/mol. The normalized spacial score (nSPS) is 20.5. The molecule has 2 atom stereocenters. The maximum absolute atomic E-state index is 10.3. The first-order chi connectivity index (χ1) is 13.2. The lowest BCUT2D eigenvalue weighted by molar-refractivity contribution is -0.0191. The molecule has 27 heavy (non-hydrogen) atoms. The Labute approximate surface area is 165 Å². The fraction of sp³-hybridized carbons (Fsp3) is 0.143. The third-order valence-corrected chi connectivity index (χ3v) is 5.45. The second kappa shape index (κ2) is 6.39. The predicted octanol–water partition coefficient (Wildman–Crippen LogP) is 4.79. The molecule has 0 bridgehead atoms. The van der Waals surface area contributed by atoms with Crippen LogP contribution in [0.1, 0.15) is 35.4 Å². The van der Waals surface area contributed by atoms with E-state index in [0.29, 0.717) is 6.42 Å². The molecule has 2 aliphatic heterocycles. The molecule has 1 aromatic heterocycles. The van der Waals surface area contributed by atoms with Crippen molar-refractivity contribution < 1.29 is 9.84 Å². The molecule has 1 N–H and O–H groups in total. The standard InChI is InChI=1S/C21H16BrN3O2/c22-14-5-6-20-16(11-14)18-12-17(15-3-1-2-4-19(15)26)24-25(18)21(27-20)13-7-9-23-10-8-13/h1-11,18,21,26H,12H2/t18-,21-/m1/s1. The van der Waals surface area contributed by atoms with Gasteiger partial charge in [0.1, 0.15) is 11.5 Å². The number of phenols is 1. The Morgan fingerprint density at radius 3 is 2.70 bits per heavy atom. The topological polar surface area (TPSA) is 58.0 Å². The van der Waals surface area contributed by atoms with Crippen molar-refractivity contribution in [2.75, 3.05) is 0 Å². The van der Waals surface area contributed by atoms with Crippen LogP contribution in [0.2, 0.25) is 0 Å². The summed E-state index contributed by atoms with van der Waals surface area (Å²) in [5.74, 6) is 1.10. The highest BCUT2D eigenvalue weighted by atomic mass is 79.9. The Morgan fingerprint density at radius 2 is 1.89 bits per heavy atom. The minimum atomic E-state index is -0.338. The number of aromatic nitrogens is 1. The van der Waals surface area contributed by atoms with Crippen LogP contribution in [0.5, 0.6) is 11.5 Å². The molecular formula is C21H16BrN3O2. The van der Waals surface area contributed by atoms with Gasteiger partial charge in [-0.15, -0.1) is 0 Å². The van der Waals surface area contributed by atoms with Crippen LogP contribution in [0.25, 0.3) is 0 Å². The summed E-state index contributed by atoms with van der Waals surface area (Å²) in [6.07, 6.45) is 3.88. The van der Waals surface area contributed by atoms with Gasteiger partial charge in [-0.3, -0.25) is 4.98 Å². The van der Waals surface area contributed by atoms with Gasteiger partial charge in [0, 0.05) is 40.0 Å². The Hall–Kier alpha value is -2.86. The van der Waals surface area contributed by atoms with Crippen LogP contribution in [0.4, 0.5) is 0 Å². The number of nitrogens with zero attached hydrogens (tertiary/aromatic N) is 3. The number of para-hydroxylation sites is 1. The number of phenolic OH excluding ortho intramolecular Hbond substituents is 1. The highest BCUT2D eigenvalue weighted by molar-refractivity contribution is 9.10. The van der Waals surface area contributed by atoms with Gasteiger partial charge in [0.05, 0.1) is 11.8 Å². The van der Waals surface area contributed by atoms with Gasteiger partial charge in [-0.05, 0) is 42.5 Å². The van der Waals surface area contributed by atoms with Crippen LogP contribution in [-0.4, -0.2) is 20.8 Å². The van der Waals surface area contributed by atoms with E-state index in [9.17, 15) is 5.11 Å². The van der Waals surface area contributed by atoms with E-state index >= 15 is 0 Å². The number of fused-ring (bicyclic) bond motifs is 3. The number of hydrogen-bond donors (Lipinski definition) is 1. The van der Waals surface area contributed by atoms with Crippen molar-refractivity contribution in [2.45, 2.75) is 18.7 Å². The molecule has 0 saturated heterocycles. The quantitative estimate of drug-likeness (QED) is 0.645. The van der Waals surface area contributed by atoms with Crippen molar-refractivity contribution in [3.05, 3.63) is 88.2 Å². The second-order valence-electron chi connectivity index (χ2n) is 6.60. The van der Waals surface area contributed by atoms with Crippen LogP contribution in [0, 0.1) is 0 Å². The highest BCUT2D eigenvalue weighted by Crippen LogP contribution is 2.48. The average molecular weight is 422 g/mol. The van der Waals surface area contributed by atoms with E-state index in [1.54, 1.807) is 18.5 Å². The van der Waals surface area contributed by atoms with Crippen molar-refractivity contribution in [2.24, 2.45) is 5.10 Å². The largest absolute Gasteiger partial charge is 0.507 e. The molecule has 0 radical (unpaired) electrons. The minimum absolute atomic E-state index is 0.0408. The molecule has 134 valence electrons. The number of ether oxygens (including phenoxy) is 1. The molecule has 0 saturated carbocycles. The van der Waals surface area contributed by atoms with Crippen molar-refractivity contribution in [3.63, 3.8) is 0 Å². The molecule has 0 spiro atoms. The van der Waals surface area contributed by atoms with Crippen molar-refractivity contribution in [1.82, 2.24) is 9.99 Å². The summed E-state index contributed by atoms with van der Waals surface area (Å²) in [7, 11) is 0. The van der Waals surface area contributed by atoms with E-state index < -0.39 is 0 Å². The summed E-state index contributed by atoms with van der Waals surface area (Å²) < 4.78 is 7.31. The lowest BCUT2D eigenvalue weighted by Gasteiger charge is -2.38. The van der Waals surface area contributed by atoms with E-state index in [-0.39, 0.29) is 18.0 Å².